The molecule has 1 unspecified atom stereocenters. The van der Waals surface area contributed by atoms with E-state index in [2.05, 4.69) is 4.98 Å². The highest BCUT2D eigenvalue weighted by Gasteiger charge is 2.27. The Balaban J connectivity index is 1.63. The molecule has 1 aromatic rings. The Morgan fingerprint density at radius 2 is 2.25 bits per heavy atom. The number of carbonyl (C=O) groups excluding carboxylic acids is 1. The fraction of sp³-hybridized carbons (Fsp3) is 0.562. The van der Waals surface area contributed by atoms with Gasteiger partial charge in [0.05, 0.1) is 31.3 Å². The lowest BCUT2D eigenvalue weighted by Gasteiger charge is -2.32. The molecule has 0 aromatic carbocycles. The number of morpholine rings is 1. The van der Waals surface area contributed by atoms with E-state index >= 15 is 0 Å². The molecule has 7 nitrogen and oxygen atoms in total. The van der Waals surface area contributed by atoms with Gasteiger partial charge in [-0.05, 0) is 24.8 Å². The first-order chi connectivity index (χ1) is 11.5. The first-order valence-electron chi connectivity index (χ1n) is 7.94. The number of hydrogen-bond donors (Lipinski definition) is 1. The minimum atomic E-state index is -0.948. The quantitative estimate of drug-likeness (QED) is 0.838. The number of carboxylic acids is 1. The molecule has 1 saturated heterocycles. The van der Waals surface area contributed by atoms with Crippen molar-refractivity contribution in [3.05, 3.63) is 22.8 Å². The van der Waals surface area contributed by atoms with Crippen LogP contribution >= 0.6 is 11.6 Å². The molecule has 2 aliphatic rings. The number of carboxylic acid groups (broad SMARTS) is 1. The van der Waals surface area contributed by atoms with Crippen LogP contribution in [-0.2, 0) is 9.53 Å². The first kappa shape index (κ1) is 17.0. The highest BCUT2D eigenvalue weighted by Crippen LogP contribution is 2.31. The third kappa shape index (κ3) is 4.36. The van der Waals surface area contributed by atoms with Gasteiger partial charge in [-0.2, -0.15) is 0 Å². The Hall–Kier alpha value is -1.86. The molecule has 130 valence electrons. The van der Waals surface area contributed by atoms with Crippen LogP contribution in [0.5, 0.6) is 5.88 Å². The van der Waals surface area contributed by atoms with Crippen LogP contribution in [0.2, 0.25) is 5.02 Å². The van der Waals surface area contributed by atoms with Gasteiger partial charge in [0, 0.05) is 19.3 Å². The van der Waals surface area contributed by atoms with E-state index in [0.29, 0.717) is 42.1 Å². The van der Waals surface area contributed by atoms with Gasteiger partial charge in [-0.15, -0.1) is 0 Å². The summed E-state index contributed by atoms with van der Waals surface area (Å²) in [5.74, 6) is -0.262. The minimum absolute atomic E-state index is 0.128. The Bertz CT molecular complexity index is 635. The predicted molar refractivity (Wildman–Crippen MR) is 85.4 cm³/mol. The second-order valence-electron chi connectivity index (χ2n) is 6.11. The molecule has 1 aliphatic carbocycles. The van der Waals surface area contributed by atoms with Crippen LogP contribution in [-0.4, -0.2) is 59.3 Å². The standard InChI is InChI=1S/C16H19ClN2O5/c17-13-5-11(7-18-15(13)24-9-10-1-2-10)16(22)19-3-4-23-12(8-19)6-14(20)21/h5,7,10,12H,1-4,6,8-9H2,(H,20,21). The second kappa shape index (κ2) is 7.36. The molecule has 0 spiro atoms. The number of rotatable bonds is 6. The molecule has 0 radical (unpaired) electrons. The Morgan fingerprint density at radius 3 is 2.92 bits per heavy atom. The number of halogens is 1. The number of amides is 1. The maximum Gasteiger partial charge on any atom is 0.306 e. The zero-order chi connectivity index (χ0) is 17.1. The summed E-state index contributed by atoms with van der Waals surface area (Å²) < 4.78 is 10.9. The van der Waals surface area contributed by atoms with Gasteiger partial charge in [-0.1, -0.05) is 11.6 Å². The predicted octanol–water partition coefficient (Wildman–Crippen LogP) is 1.84. The average Bonchev–Trinajstić information content (AvgIpc) is 3.37. The molecular formula is C16H19ClN2O5. The van der Waals surface area contributed by atoms with Crippen molar-refractivity contribution in [1.29, 1.82) is 0 Å². The lowest BCUT2D eigenvalue weighted by atomic mass is 10.1. The fourth-order valence-corrected chi connectivity index (χ4v) is 2.76. The zero-order valence-electron chi connectivity index (χ0n) is 13.1. The molecule has 1 N–H and O–H groups in total. The van der Waals surface area contributed by atoms with Crippen molar-refractivity contribution in [1.82, 2.24) is 9.88 Å². The van der Waals surface area contributed by atoms with Crippen LogP contribution in [0.15, 0.2) is 12.3 Å². The number of hydrogen-bond acceptors (Lipinski definition) is 5. The summed E-state index contributed by atoms with van der Waals surface area (Å²) in [6, 6.07) is 1.54. The minimum Gasteiger partial charge on any atom is -0.481 e. The fourth-order valence-electron chi connectivity index (χ4n) is 2.53. The Morgan fingerprint density at radius 1 is 1.46 bits per heavy atom. The summed E-state index contributed by atoms with van der Waals surface area (Å²) in [7, 11) is 0. The maximum atomic E-state index is 12.6. The van der Waals surface area contributed by atoms with Crippen molar-refractivity contribution in [2.24, 2.45) is 5.92 Å². The van der Waals surface area contributed by atoms with E-state index in [1.807, 2.05) is 0 Å². The summed E-state index contributed by atoms with van der Waals surface area (Å²) >= 11 is 6.15. The third-order valence-electron chi connectivity index (χ3n) is 4.04. The lowest BCUT2D eigenvalue weighted by molar-refractivity contribution is -0.141. The summed E-state index contributed by atoms with van der Waals surface area (Å²) in [5.41, 5.74) is 0.356. The van der Waals surface area contributed by atoms with Crippen molar-refractivity contribution >= 4 is 23.5 Å². The summed E-state index contributed by atoms with van der Waals surface area (Å²) in [4.78, 5) is 29.0. The van der Waals surface area contributed by atoms with Gasteiger partial charge in [0.2, 0.25) is 5.88 Å². The Labute approximate surface area is 144 Å². The van der Waals surface area contributed by atoms with E-state index in [-0.39, 0.29) is 18.9 Å². The van der Waals surface area contributed by atoms with Gasteiger partial charge < -0.3 is 19.5 Å². The van der Waals surface area contributed by atoms with E-state index < -0.39 is 12.1 Å². The van der Waals surface area contributed by atoms with E-state index in [1.165, 1.54) is 19.0 Å². The maximum absolute atomic E-state index is 12.6. The SMILES string of the molecule is O=C(O)CC1CN(C(=O)c2cnc(OCC3CC3)c(Cl)c2)CCO1. The van der Waals surface area contributed by atoms with Crippen molar-refractivity contribution < 1.29 is 24.2 Å². The smallest absolute Gasteiger partial charge is 0.306 e. The molecular weight excluding hydrogens is 336 g/mol. The van der Waals surface area contributed by atoms with Crippen molar-refractivity contribution in [2.75, 3.05) is 26.3 Å². The molecule has 1 atom stereocenters. The van der Waals surface area contributed by atoms with Crippen molar-refractivity contribution in [3.63, 3.8) is 0 Å². The van der Waals surface area contributed by atoms with Crippen LogP contribution in [0.4, 0.5) is 0 Å². The highest BCUT2D eigenvalue weighted by atomic mass is 35.5. The van der Waals surface area contributed by atoms with Crippen molar-refractivity contribution in [2.45, 2.75) is 25.4 Å². The number of ether oxygens (including phenoxy) is 2. The number of aliphatic carboxylic acids is 1. The van der Waals surface area contributed by atoms with Crippen LogP contribution in [0.1, 0.15) is 29.6 Å². The van der Waals surface area contributed by atoms with Gasteiger partial charge >= 0.3 is 5.97 Å². The molecule has 3 rings (SSSR count). The van der Waals surface area contributed by atoms with Crippen LogP contribution in [0.25, 0.3) is 0 Å². The molecule has 1 aliphatic heterocycles. The van der Waals surface area contributed by atoms with Gasteiger partial charge in [0.1, 0.15) is 5.02 Å². The number of nitrogens with zero attached hydrogens (tertiary/aromatic N) is 2. The molecule has 24 heavy (non-hydrogen) atoms. The van der Waals surface area contributed by atoms with E-state index in [1.54, 1.807) is 11.0 Å². The van der Waals surface area contributed by atoms with E-state index in [9.17, 15) is 9.59 Å². The molecule has 1 saturated carbocycles. The number of pyridine rings is 1. The van der Waals surface area contributed by atoms with Crippen LogP contribution in [0.3, 0.4) is 0 Å². The van der Waals surface area contributed by atoms with Crippen molar-refractivity contribution in [3.8, 4) is 5.88 Å². The summed E-state index contributed by atoms with van der Waals surface area (Å²) in [6.07, 6.45) is 3.16. The van der Waals surface area contributed by atoms with E-state index in [0.717, 1.165) is 0 Å². The van der Waals surface area contributed by atoms with E-state index in [4.69, 9.17) is 26.2 Å². The average molecular weight is 355 g/mol. The number of carbonyl (C=O) groups is 2. The Kier molecular flexibility index (Phi) is 5.20. The monoisotopic (exact) mass is 354 g/mol. The third-order valence-corrected chi connectivity index (χ3v) is 4.31. The molecule has 8 heteroatoms. The lowest BCUT2D eigenvalue weighted by Crippen LogP contribution is -2.46. The normalized spacial score (nSPS) is 20.7. The highest BCUT2D eigenvalue weighted by molar-refractivity contribution is 6.32. The molecule has 0 bridgehead atoms. The molecule has 2 heterocycles. The van der Waals surface area contributed by atoms with Gasteiger partial charge in [-0.25, -0.2) is 4.98 Å². The van der Waals surface area contributed by atoms with Crippen LogP contribution in [0, 0.1) is 5.92 Å². The zero-order valence-corrected chi connectivity index (χ0v) is 13.9. The first-order valence-corrected chi connectivity index (χ1v) is 8.31. The topological polar surface area (TPSA) is 89.0 Å². The largest absolute Gasteiger partial charge is 0.481 e. The molecule has 1 amide bonds. The van der Waals surface area contributed by atoms with Gasteiger partial charge in [-0.3, -0.25) is 9.59 Å². The summed E-state index contributed by atoms with van der Waals surface area (Å²) in [5, 5.41) is 9.15. The second-order valence-corrected chi connectivity index (χ2v) is 6.51. The molecule has 1 aromatic heterocycles. The summed E-state index contributed by atoms with van der Waals surface area (Å²) in [6.45, 7) is 1.56. The number of aromatic nitrogens is 1. The van der Waals surface area contributed by atoms with Gasteiger partial charge in [0.15, 0.2) is 0 Å². The molecule has 2 fully saturated rings. The van der Waals surface area contributed by atoms with Crippen LogP contribution < -0.4 is 4.74 Å². The van der Waals surface area contributed by atoms with Gasteiger partial charge in [0.25, 0.3) is 5.91 Å².